The maximum atomic E-state index is 12.0. The number of aryl methyl sites for hydroxylation is 1. The van der Waals surface area contributed by atoms with Gasteiger partial charge in [-0.05, 0) is 31.2 Å². The highest BCUT2D eigenvalue weighted by atomic mass is 35.5. The number of benzene rings is 1. The Morgan fingerprint density at radius 2 is 2.00 bits per heavy atom. The Hall–Kier alpha value is -0.620. The van der Waals surface area contributed by atoms with Crippen molar-refractivity contribution in [3.63, 3.8) is 0 Å². The molecule has 0 heterocycles. The van der Waals surface area contributed by atoms with E-state index in [4.69, 9.17) is 11.6 Å². The Bertz CT molecular complexity index is 474. The molecular formula is C11H17ClN2O2S. The van der Waals surface area contributed by atoms with Crippen LogP contribution in [-0.4, -0.2) is 28.1 Å². The summed E-state index contributed by atoms with van der Waals surface area (Å²) in [4.78, 5) is 0.237. The summed E-state index contributed by atoms with van der Waals surface area (Å²) in [5.41, 5.74) is 0.686. The van der Waals surface area contributed by atoms with Crippen molar-refractivity contribution in [3.05, 3.63) is 28.8 Å². The summed E-state index contributed by atoms with van der Waals surface area (Å²) < 4.78 is 26.5. The molecule has 6 heteroatoms. The van der Waals surface area contributed by atoms with Crippen molar-refractivity contribution >= 4 is 21.6 Å². The number of hydrogen-bond donors (Lipinski definition) is 2. The van der Waals surface area contributed by atoms with Crippen molar-refractivity contribution in [3.8, 4) is 0 Å². The van der Waals surface area contributed by atoms with Gasteiger partial charge in [-0.15, -0.1) is 0 Å². The largest absolute Gasteiger partial charge is 0.316 e. The molecule has 0 aliphatic heterocycles. The lowest BCUT2D eigenvalue weighted by Gasteiger charge is -2.09. The molecule has 0 aliphatic rings. The zero-order valence-electron chi connectivity index (χ0n) is 9.96. The van der Waals surface area contributed by atoms with E-state index in [9.17, 15) is 8.42 Å². The minimum absolute atomic E-state index is 0.237. The van der Waals surface area contributed by atoms with Gasteiger partial charge in [0.25, 0.3) is 0 Å². The van der Waals surface area contributed by atoms with Crippen LogP contribution in [0.2, 0.25) is 5.02 Å². The van der Waals surface area contributed by atoms with Crippen LogP contribution in [0.5, 0.6) is 0 Å². The number of halogens is 1. The molecule has 1 aromatic carbocycles. The van der Waals surface area contributed by atoms with E-state index in [0.29, 0.717) is 23.7 Å². The fraction of sp³-hybridized carbons (Fsp3) is 0.455. The first-order valence-corrected chi connectivity index (χ1v) is 7.30. The van der Waals surface area contributed by atoms with E-state index in [0.717, 1.165) is 6.54 Å². The molecule has 0 atom stereocenters. The number of sulfonamides is 1. The second kappa shape index (κ2) is 6.35. The van der Waals surface area contributed by atoms with Gasteiger partial charge in [-0.25, -0.2) is 13.1 Å². The fourth-order valence-corrected chi connectivity index (χ4v) is 2.93. The van der Waals surface area contributed by atoms with Gasteiger partial charge < -0.3 is 5.32 Å². The van der Waals surface area contributed by atoms with E-state index >= 15 is 0 Å². The summed E-state index contributed by atoms with van der Waals surface area (Å²) in [6, 6.07) is 4.84. The normalized spacial score (nSPS) is 11.7. The SMILES string of the molecule is CCNCCNS(=O)(=O)c1cc(Cl)ccc1C. The second-order valence-corrected chi connectivity index (χ2v) is 5.83. The number of hydrogen-bond acceptors (Lipinski definition) is 3. The lowest BCUT2D eigenvalue weighted by atomic mass is 10.2. The van der Waals surface area contributed by atoms with Crippen molar-refractivity contribution in [1.82, 2.24) is 10.0 Å². The van der Waals surface area contributed by atoms with E-state index in [1.54, 1.807) is 19.1 Å². The molecule has 0 amide bonds. The van der Waals surface area contributed by atoms with Crippen molar-refractivity contribution < 1.29 is 8.42 Å². The van der Waals surface area contributed by atoms with Crippen LogP contribution in [0, 0.1) is 6.92 Å². The van der Waals surface area contributed by atoms with Gasteiger partial charge in [0.15, 0.2) is 0 Å². The van der Waals surface area contributed by atoms with Crippen molar-refractivity contribution in [2.75, 3.05) is 19.6 Å². The van der Waals surface area contributed by atoms with Crippen LogP contribution in [0.25, 0.3) is 0 Å². The quantitative estimate of drug-likeness (QED) is 0.775. The van der Waals surface area contributed by atoms with Gasteiger partial charge in [-0.1, -0.05) is 24.6 Å². The summed E-state index contributed by atoms with van der Waals surface area (Å²) in [6.45, 7) is 5.50. The Balaban J connectivity index is 2.79. The van der Waals surface area contributed by atoms with E-state index < -0.39 is 10.0 Å². The third kappa shape index (κ3) is 4.27. The van der Waals surface area contributed by atoms with Gasteiger partial charge in [-0.2, -0.15) is 0 Å². The zero-order chi connectivity index (χ0) is 12.9. The summed E-state index contributed by atoms with van der Waals surface area (Å²) in [7, 11) is -3.47. The van der Waals surface area contributed by atoms with E-state index in [2.05, 4.69) is 10.0 Å². The first-order valence-electron chi connectivity index (χ1n) is 5.44. The van der Waals surface area contributed by atoms with Gasteiger partial charge in [0.1, 0.15) is 0 Å². The topological polar surface area (TPSA) is 58.2 Å². The minimum atomic E-state index is -3.47. The lowest BCUT2D eigenvalue weighted by molar-refractivity contribution is 0.577. The average molecular weight is 277 g/mol. The number of likely N-dealkylation sites (N-methyl/N-ethyl adjacent to an activating group) is 1. The highest BCUT2D eigenvalue weighted by molar-refractivity contribution is 7.89. The van der Waals surface area contributed by atoms with Crippen LogP contribution in [-0.2, 0) is 10.0 Å². The van der Waals surface area contributed by atoms with Crippen molar-refractivity contribution in [2.45, 2.75) is 18.7 Å². The molecule has 0 saturated carbocycles. The average Bonchev–Trinajstić information content (AvgIpc) is 2.28. The minimum Gasteiger partial charge on any atom is -0.316 e. The molecule has 96 valence electrons. The first kappa shape index (κ1) is 14.4. The lowest BCUT2D eigenvalue weighted by Crippen LogP contribution is -2.32. The number of rotatable bonds is 6. The van der Waals surface area contributed by atoms with Gasteiger partial charge in [-0.3, -0.25) is 0 Å². The predicted octanol–water partition coefficient (Wildman–Crippen LogP) is 1.54. The second-order valence-electron chi connectivity index (χ2n) is 3.66. The van der Waals surface area contributed by atoms with Gasteiger partial charge in [0.05, 0.1) is 4.90 Å². The Labute approximate surface area is 107 Å². The highest BCUT2D eigenvalue weighted by Crippen LogP contribution is 2.19. The molecule has 0 spiro atoms. The third-order valence-electron chi connectivity index (χ3n) is 2.28. The molecule has 0 saturated heterocycles. The third-order valence-corrected chi connectivity index (χ3v) is 4.12. The van der Waals surface area contributed by atoms with Crippen molar-refractivity contribution in [2.24, 2.45) is 0 Å². The number of nitrogens with one attached hydrogen (secondary N) is 2. The van der Waals surface area contributed by atoms with Gasteiger partial charge in [0.2, 0.25) is 10.0 Å². The van der Waals surface area contributed by atoms with E-state index in [1.807, 2.05) is 6.92 Å². The Kier molecular flexibility index (Phi) is 5.39. The van der Waals surface area contributed by atoms with Gasteiger partial charge in [0, 0.05) is 18.1 Å². The molecular weight excluding hydrogens is 260 g/mol. The highest BCUT2D eigenvalue weighted by Gasteiger charge is 2.16. The Morgan fingerprint density at radius 1 is 1.29 bits per heavy atom. The maximum absolute atomic E-state index is 12.0. The molecule has 0 bridgehead atoms. The first-order chi connectivity index (χ1) is 7.97. The molecule has 0 unspecified atom stereocenters. The van der Waals surface area contributed by atoms with Crippen LogP contribution >= 0.6 is 11.6 Å². The molecule has 0 aliphatic carbocycles. The molecule has 17 heavy (non-hydrogen) atoms. The zero-order valence-corrected chi connectivity index (χ0v) is 11.5. The summed E-state index contributed by atoms with van der Waals surface area (Å²) in [5, 5.41) is 3.46. The van der Waals surface area contributed by atoms with Crippen LogP contribution in [0.4, 0.5) is 0 Å². The summed E-state index contributed by atoms with van der Waals surface area (Å²) in [6.07, 6.45) is 0. The van der Waals surface area contributed by atoms with Gasteiger partial charge >= 0.3 is 0 Å². The van der Waals surface area contributed by atoms with Crippen LogP contribution < -0.4 is 10.0 Å². The molecule has 1 rings (SSSR count). The molecule has 0 fully saturated rings. The monoisotopic (exact) mass is 276 g/mol. The van der Waals surface area contributed by atoms with E-state index in [1.165, 1.54) is 6.07 Å². The fourth-order valence-electron chi connectivity index (χ4n) is 1.39. The standard InChI is InChI=1S/C11H17ClN2O2S/c1-3-13-6-7-14-17(15,16)11-8-10(12)5-4-9(11)2/h4-5,8,13-14H,3,6-7H2,1-2H3. The molecule has 1 aromatic rings. The summed E-state index contributed by atoms with van der Waals surface area (Å²) >= 11 is 5.80. The maximum Gasteiger partial charge on any atom is 0.240 e. The molecule has 0 radical (unpaired) electrons. The molecule has 4 nitrogen and oxygen atoms in total. The summed E-state index contributed by atoms with van der Waals surface area (Å²) in [5.74, 6) is 0. The predicted molar refractivity (Wildman–Crippen MR) is 69.9 cm³/mol. The Morgan fingerprint density at radius 3 is 2.65 bits per heavy atom. The smallest absolute Gasteiger partial charge is 0.240 e. The molecule has 0 aromatic heterocycles. The van der Waals surface area contributed by atoms with Crippen LogP contribution in [0.3, 0.4) is 0 Å². The van der Waals surface area contributed by atoms with Crippen molar-refractivity contribution in [1.29, 1.82) is 0 Å². The van der Waals surface area contributed by atoms with E-state index in [-0.39, 0.29) is 4.90 Å². The molecule has 2 N–H and O–H groups in total. The van der Waals surface area contributed by atoms with Crippen LogP contribution in [0.15, 0.2) is 23.1 Å². The van der Waals surface area contributed by atoms with Crippen LogP contribution in [0.1, 0.15) is 12.5 Å².